The number of pyridine rings is 4. The van der Waals surface area contributed by atoms with E-state index < -0.39 is 0 Å². The zero-order chi connectivity index (χ0) is 32.5. The minimum absolute atomic E-state index is 0.399. The van der Waals surface area contributed by atoms with Crippen molar-refractivity contribution in [2.75, 3.05) is 0 Å². The molecule has 0 N–H and O–H groups in total. The molecule has 6 aromatic rings. The average Bonchev–Trinajstić information content (AvgIpc) is 3.08. The van der Waals surface area contributed by atoms with Crippen LogP contribution >= 0.6 is 0 Å². The minimum atomic E-state index is 0.399. The van der Waals surface area contributed by atoms with E-state index in [-0.39, 0.29) is 0 Å². The summed E-state index contributed by atoms with van der Waals surface area (Å²) in [6.07, 6.45) is 17.7. The van der Waals surface area contributed by atoms with Crippen LogP contribution in [-0.4, -0.2) is 0 Å². The Labute approximate surface area is 284 Å². The zero-order valence-corrected chi connectivity index (χ0v) is 28.3. The van der Waals surface area contributed by atoms with Crippen molar-refractivity contribution in [1.29, 1.82) is 0 Å². The summed E-state index contributed by atoms with van der Waals surface area (Å²) in [6, 6.07) is 38.6. The maximum Gasteiger partial charge on any atom is 0.168 e. The standard InChI is InChI=1S/C44H44N4/c1-45-21-13-33(14-22-45)41-37-29-5-7-31(8-6-29)39-40(32-11-9-30(10-12-32)38(37)42(41)34-15-23-46(2)24-16-34)44(36-19-27-48(4)28-20-36)43(39)35-17-25-47(3)26-18-35/h5-28,37-44H,1-4H3/q+4. The van der Waals surface area contributed by atoms with E-state index in [0.717, 1.165) is 0 Å². The molecule has 2 saturated carbocycles. The summed E-state index contributed by atoms with van der Waals surface area (Å²) in [5.41, 5.74) is 11.5. The van der Waals surface area contributed by atoms with Gasteiger partial charge in [-0.05, 0) is 91.9 Å². The normalized spacial score (nSPS) is 26.8. The zero-order valence-electron chi connectivity index (χ0n) is 28.3. The second-order valence-electron chi connectivity index (χ2n) is 14.7. The molecule has 0 saturated heterocycles. The highest BCUT2D eigenvalue weighted by Crippen LogP contribution is 2.69. The Morgan fingerprint density at radius 2 is 0.354 bits per heavy atom. The number of nitrogens with zero attached hydrogens (tertiary/aromatic N) is 4. The average molecular weight is 629 g/mol. The van der Waals surface area contributed by atoms with E-state index in [4.69, 9.17) is 0 Å². The molecule has 48 heavy (non-hydrogen) atoms. The molecule has 0 amide bonds. The van der Waals surface area contributed by atoms with Gasteiger partial charge in [0.25, 0.3) is 0 Å². The van der Waals surface area contributed by atoms with Crippen molar-refractivity contribution in [3.8, 4) is 0 Å². The Hall–Kier alpha value is -4.96. The second kappa shape index (κ2) is 11.3. The van der Waals surface area contributed by atoms with E-state index in [1.54, 1.807) is 0 Å². The van der Waals surface area contributed by atoms with Crippen LogP contribution in [0.1, 0.15) is 91.9 Å². The predicted molar refractivity (Wildman–Crippen MR) is 185 cm³/mol. The summed E-state index contributed by atoms with van der Waals surface area (Å²) in [5, 5.41) is 0. The fourth-order valence-corrected chi connectivity index (χ4v) is 9.63. The molecular weight excluding hydrogens is 585 g/mol. The van der Waals surface area contributed by atoms with E-state index in [2.05, 4.69) is 193 Å². The maximum absolute atomic E-state index is 2.48. The van der Waals surface area contributed by atoms with E-state index in [9.17, 15) is 0 Å². The maximum atomic E-state index is 2.48. The van der Waals surface area contributed by atoms with Gasteiger partial charge in [-0.3, -0.25) is 0 Å². The molecule has 4 bridgehead atoms. The summed E-state index contributed by atoms with van der Waals surface area (Å²) >= 11 is 0. The van der Waals surface area contributed by atoms with Crippen molar-refractivity contribution in [2.24, 2.45) is 28.2 Å². The van der Waals surface area contributed by atoms with Crippen LogP contribution in [0.4, 0.5) is 0 Å². The van der Waals surface area contributed by atoms with Crippen molar-refractivity contribution < 1.29 is 18.3 Å². The van der Waals surface area contributed by atoms with Crippen LogP contribution in [0.5, 0.6) is 0 Å². The van der Waals surface area contributed by atoms with Crippen molar-refractivity contribution in [3.05, 3.63) is 191 Å². The van der Waals surface area contributed by atoms with Gasteiger partial charge in [-0.2, -0.15) is 0 Å². The predicted octanol–water partition coefficient (Wildman–Crippen LogP) is 6.20. The number of hydrogen-bond acceptors (Lipinski definition) is 0. The van der Waals surface area contributed by atoms with Gasteiger partial charge in [-0.25, -0.2) is 18.3 Å². The Morgan fingerprint density at radius 3 is 0.500 bits per heavy atom. The molecule has 12 rings (SSSR count). The summed E-state index contributed by atoms with van der Waals surface area (Å²) in [5.74, 6) is 3.19. The molecule has 8 atom stereocenters. The van der Waals surface area contributed by atoms with Crippen LogP contribution < -0.4 is 18.3 Å². The van der Waals surface area contributed by atoms with Gasteiger partial charge in [-0.1, -0.05) is 48.5 Å². The first kappa shape index (κ1) is 29.2. The first-order valence-electron chi connectivity index (χ1n) is 17.4. The van der Waals surface area contributed by atoms with Crippen LogP contribution in [0.3, 0.4) is 0 Å². The Bertz CT molecular complexity index is 1760. The molecular formula is C44H44N4+4. The molecule has 8 unspecified atom stereocenters. The molecule has 0 spiro atoms. The Morgan fingerprint density at radius 1 is 0.229 bits per heavy atom. The van der Waals surface area contributed by atoms with Gasteiger partial charge in [0.2, 0.25) is 0 Å². The molecule has 6 aliphatic rings. The highest BCUT2D eigenvalue weighted by molar-refractivity contribution is 5.53. The number of aryl methyl sites for hydroxylation is 4. The fourth-order valence-electron chi connectivity index (χ4n) is 9.63. The largest absolute Gasteiger partial charge is 0.208 e. The van der Waals surface area contributed by atoms with Crippen LogP contribution in [0.2, 0.25) is 0 Å². The van der Waals surface area contributed by atoms with Crippen molar-refractivity contribution in [3.63, 3.8) is 0 Å². The lowest BCUT2D eigenvalue weighted by atomic mass is 9.47. The second-order valence-corrected chi connectivity index (χ2v) is 14.7. The first-order valence-corrected chi connectivity index (χ1v) is 17.4. The molecule has 4 nitrogen and oxygen atoms in total. The van der Waals surface area contributed by atoms with Crippen LogP contribution in [-0.2, 0) is 28.2 Å². The minimum Gasteiger partial charge on any atom is -0.208 e. The summed E-state index contributed by atoms with van der Waals surface area (Å²) < 4.78 is 8.58. The topological polar surface area (TPSA) is 15.5 Å². The number of aromatic nitrogens is 4. The molecule has 236 valence electrons. The molecule has 2 aromatic carbocycles. The highest BCUT2D eigenvalue weighted by atomic mass is 14.9. The molecule has 4 aromatic heterocycles. The quantitative estimate of drug-likeness (QED) is 0.207. The third-order valence-electron chi connectivity index (χ3n) is 12.1. The van der Waals surface area contributed by atoms with Crippen LogP contribution in [0.15, 0.2) is 147 Å². The SMILES string of the molecule is C[n+]1ccc(C2C3c4ccc(cc4)C4C(c5ccc(cc5)C3C2c2cc[n+](C)cc2)C(c2cc[n+](C)cc2)C4c2cc[n+](C)cc2)cc1. The van der Waals surface area contributed by atoms with Crippen molar-refractivity contribution in [1.82, 2.24) is 0 Å². The number of rotatable bonds is 4. The number of hydrogen-bond donors (Lipinski definition) is 0. The van der Waals surface area contributed by atoms with E-state index in [0.29, 0.717) is 47.3 Å². The number of benzene rings is 2. The van der Waals surface area contributed by atoms with E-state index >= 15 is 0 Å². The van der Waals surface area contributed by atoms with Gasteiger partial charge in [0.15, 0.2) is 49.6 Å². The van der Waals surface area contributed by atoms with Gasteiger partial charge in [-0.15, -0.1) is 0 Å². The Kier molecular flexibility index (Phi) is 6.89. The lowest BCUT2D eigenvalue weighted by Gasteiger charge is -2.55. The third kappa shape index (κ3) is 4.64. The summed E-state index contributed by atoms with van der Waals surface area (Å²) in [4.78, 5) is 0. The summed E-state index contributed by atoms with van der Waals surface area (Å²) in [6.45, 7) is 0. The highest BCUT2D eigenvalue weighted by Gasteiger charge is 2.55. The molecule has 2 fully saturated rings. The van der Waals surface area contributed by atoms with Gasteiger partial charge < -0.3 is 0 Å². The molecule has 4 heteroatoms. The molecule has 4 heterocycles. The third-order valence-corrected chi connectivity index (χ3v) is 12.1. The Balaban J connectivity index is 1.21. The fraction of sp³-hybridized carbons (Fsp3) is 0.273. The van der Waals surface area contributed by atoms with Gasteiger partial charge in [0.05, 0.1) is 0 Å². The summed E-state index contributed by atoms with van der Waals surface area (Å²) in [7, 11) is 8.43. The van der Waals surface area contributed by atoms with Crippen molar-refractivity contribution >= 4 is 0 Å². The first-order chi connectivity index (χ1) is 23.4. The smallest absolute Gasteiger partial charge is 0.168 e. The monoisotopic (exact) mass is 628 g/mol. The van der Waals surface area contributed by atoms with Gasteiger partial charge in [0, 0.05) is 48.5 Å². The van der Waals surface area contributed by atoms with Gasteiger partial charge >= 0.3 is 0 Å². The molecule has 0 radical (unpaired) electrons. The van der Waals surface area contributed by atoms with Crippen molar-refractivity contribution in [2.45, 2.75) is 47.3 Å². The van der Waals surface area contributed by atoms with Crippen LogP contribution in [0, 0.1) is 0 Å². The van der Waals surface area contributed by atoms with Crippen LogP contribution in [0.25, 0.3) is 0 Å². The molecule has 6 aliphatic carbocycles. The van der Waals surface area contributed by atoms with Gasteiger partial charge in [0.1, 0.15) is 28.2 Å². The van der Waals surface area contributed by atoms with E-state index in [1.807, 2.05) is 0 Å². The lowest BCUT2D eigenvalue weighted by molar-refractivity contribution is -0.671. The lowest BCUT2D eigenvalue weighted by Crippen LogP contribution is -2.42. The van der Waals surface area contributed by atoms with E-state index in [1.165, 1.54) is 44.5 Å². The molecule has 0 aliphatic heterocycles.